The Kier molecular flexibility index (Phi) is 3.02. The molecule has 19 heavy (non-hydrogen) atoms. The molecule has 3 heterocycles. The van der Waals surface area contributed by atoms with Gasteiger partial charge >= 0.3 is 0 Å². The van der Waals surface area contributed by atoms with Crippen LogP contribution in [0.5, 0.6) is 0 Å². The van der Waals surface area contributed by atoms with Crippen molar-refractivity contribution in [2.75, 3.05) is 6.61 Å². The second-order valence-electron chi connectivity index (χ2n) is 4.30. The van der Waals surface area contributed by atoms with E-state index in [-0.39, 0.29) is 29.5 Å². The zero-order chi connectivity index (χ0) is 13.6. The van der Waals surface area contributed by atoms with Gasteiger partial charge in [0, 0.05) is 6.42 Å². The zero-order valence-electron chi connectivity index (χ0n) is 9.65. The van der Waals surface area contributed by atoms with E-state index < -0.39 is 24.0 Å². The van der Waals surface area contributed by atoms with Crippen LogP contribution >= 0.6 is 11.6 Å². The molecular formula is C10H11ClN4O4. The van der Waals surface area contributed by atoms with E-state index in [9.17, 15) is 9.90 Å². The Hall–Kier alpha value is -1.48. The Morgan fingerprint density at radius 2 is 2.42 bits per heavy atom. The lowest BCUT2D eigenvalue weighted by Gasteiger charge is -2.13. The molecule has 0 spiro atoms. The fourth-order valence-corrected chi connectivity index (χ4v) is 2.33. The molecule has 1 aliphatic heterocycles. The lowest BCUT2D eigenvalue weighted by molar-refractivity contribution is -0.0432. The summed E-state index contributed by atoms with van der Waals surface area (Å²) in [6, 6.07) is 0. The molecule has 2 aromatic heterocycles. The van der Waals surface area contributed by atoms with E-state index in [1.165, 1.54) is 10.9 Å². The van der Waals surface area contributed by atoms with E-state index in [1.807, 2.05) is 0 Å². The van der Waals surface area contributed by atoms with Gasteiger partial charge < -0.3 is 14.9 Å². The topological polar surface area (TPSA) is 113 Å². The van der Waals surface area contributed by atoms with Gasteiger partial charge in [-0.15, -0.1) is 0 Å². The smallest absolute Gasteiger partial charge is 0.280 e. The van der Waals surface area contributed by atoms with E-state index in [0.717, 1.165) is 0 Å². The maximum Gasteiger partial charge on any atom is 0.280 e. The number of aliphatic hydroxyl groups excluding tert-OH is 2. The van der Waals surface area contributed by atoms with Crippen molar-refractivity contribution in [1.82, 2.24) is 19.5 Å². The lowest BCUT2D eigenvalue weighted by Crippen LogP contribution is -2.24. The molecule has 0 aromatic carbocycles. The molecule has 1 aliphatic rings. The van der Waals surface area contributed by atoms with E-state index in [4.69, 9.17) is 21.4 Å². The molecule has 2 aromatic rings. The number of aliphatic hydroxyl groups is 2. The minimum atomic E-state index is -0.773. The fraction of sp³-hybridized carbons (Fsp3) is 0.500. The van der Waals surface area contributed by atoms with Crippen LogP contribution in [-0.4, -0.2) is 48.5 Å². The maximum atomic E-state index is 11.6. The van der Waals surface area contributed by atoms with Crippen LogP contribution in [0.4, 0.5) is 0 Å². The standard InChI is InChI=1S/C10H11ClN4O4/c11-10-13-8-7(9(18)14-10)12-3-15(8)6-1-4(17)5(2-16)19-6/h3-6,16-17H,1-2H2,(H,13,14,18)/t4-,5+,6+/m1/s1. The third-order valence-electron chi connectivity index (χ3n) is 3.10. The third kappa shape index (κ3) is 2.02. The lowest BCUT2D eigenvalue weighted by atomic mass is 10.2. The van der Waals surface area contributed by atoms with E-state index >= 15 is 0 Å². The van der Waals surface area contributed by atoms with Crippen molar-refractivity contribution in [1.29, 1.82) is 0 Å². The number of aromatic amines is 1. The first-order valence-corrected chi connectivity index (χ1v) is 6.04. The number of rotatable bonds is 2. The van der Waals surface area contributed by atoms with Gasteiger partial charge in [0.25, 0.3) is 5.56 Å². The van der Waals surface area contributed by atoms with Crippen LogP contribution in [0.1, 0.15) is 12.6 Å². The van der Waals surface area contributed by atoms with Gasteiger partial charge in [0.15, 0.2) is 11.2 Å². The van der Waals surface area contributed by atoms with Crippen LogP contribution in [0, 0.1) is 0 Å². The normalized spacial score (nSPS) is 27.2. The van der Waals surface area contributed by atoms with Crippen molar-refractivity contribution in [2.45, 2.75) is 24.9 Å². The maximum absolute atomic E-state index is 11.6. The van der Waals surface area contributed by atoms with Crippen LogP contribution in [0.15, 0.2) is 11.1 Å². The van der Waals surface area contributed by atoms with Gasteiger partial charge in [0.2, 0.25) is 5.28 Å². The summed E-state index contributed by atoms with van der Waals surface area (Å²) in [5, 5.41) is 18.7. The van der Waals surface area contributed by atoms with Gasteiger partial charge in [-0.05, 0) is 11.6 Å². The summed E-state index contributed by atoms with van der Waals surface area (Å²) in [5.74, 6) is 0. The van der Waals surface area contributed by atoms with E-state index in [0.29, 0.717) is 0 Å². The molecule has 3 atom stereocenters. The highest BCUT2D eigenvalue weighted by molar-refractivity contribution is 6.28. The number of hydrogen-bond donors (Lipinski definition) is 3. The molecule has 0 saturated carbocycles. The molecule has 9 heteroatoms. The monoisotopic (exact) mass is 286 g/mol. The Labute approximate surface area is 111 Å². The number of aromatic nitrogens is 4. The van der Waals surface area contributed by atoms with Crippen LogP contribution in [-0.2, 0) is 4.74 Å². The molecule has 3 N–H and O–H groups in total. The largest absolute Gasteiger partial charge is 0.394 e. The Balaban J connectivity index is 2.05. The van der Waals surface area contributed by atoms with Crippen LogP contribution in [0.2, 0.25) is 5.28 Å². The summed E-state index contributed by atoms with van der Waals surface area (Å²) in [6.45, 7) is -0.279. The number of hydrogen-bond acceptors (Lipinski definition) is 6. The molecule has 0 aliphatic carbocycles. The fourth-order valence-electron chi connectivity index (χ4n) is 2.16. The highest BCUT2D eigenvalue weighted by atomic mass is 35.5. The molecule has 0 bridgehead atoms. The SMILES string of the molecule is O=c1[nH]c(Cl)nc2c1ncn2[C@@H]1C[C@@H](O)[C@H](CO)O1. The first-order valence-electron chi connectivity index (χ1n) is 5.67. The number of imidazole rings is 1. The zero-order valence-corrected chi connectivity index (χ0v) is 10.4. The number of nitrogens with one attached hydrogen (secondary N) is 1. The van der Waals surface area contributed by atoms with Crippen molar-refractivity contribution in [3.63, 3.8) is 0 Å². The van der Waals surface area contributed by atoms with Crippen molar-refractivity contribution < 1.29 is 14.9 Å². The summed E-state index contributed by atoms with van der Waals surface area (Å²) in [4.78, 5) is 21.9. The average Bonchev–Trinajstić information content (AvgIpc) is 2.92. The Bertz CT molecular complexity index is 669. The molecule has 3 rings (SSSR count). The van der Waals surface area contributed by atoms with Gasteiger partial charge in [-0.25, -0.2) is 4.98 Å². The van der Waals surface area contributed by atoms with Crippen LogP contribution in [0.3, 0.4) is 0 Å². The first kappa shape index (κ1) is 12.5. The molecule has 0 radical (unpaired) electrons. The van der Waals surface area contributed by atoms with Gasteiger partial charge in [-0.3, -0.25) is 14.3 Å². The number of fused-ring (bicyclic) bond motifs is 1. The number of nitrogens with zero attached hydrogens (tertiary/aromatic N) is 3. The highest BCUT2D eigenvalue weighted by Crippen LogP contribution is 2.30. The quantitative estimate of drug-likeness (QED) is 0.636. The van der Waals surface area contributed by atoms with Crippen molar-refractivity contribution >= 4 is 22.8 Å². The second-order valence-corrected chi connectivity index (χ2v) is 4.65. The summed E-state index contributed by atoms with van der Waals surface area (Å²) < 4.78 is 7.01. The van der Waals surface area contributed by atoms with Gasteiger partial charge in [0.1, 0.15) is 12.3 Å². The van der Waals surface area contributed by atoms with Crippen molar-refractivity contribution in [3.8, 4) is 0 Å². The summed E-state index contributed by atoms with van der Waals surface area (Å²) >= 11 is 5.71. The molecule has 1 fully saturated rings. The Morgan fingerprint density at radius 3 is 3.11 bits per heavy atom. The summed E-state index contributed by atoms with van der Waals surface area (Å²) in [7, 11) is 0. The molecule has 8 nitrogen and oxygen atoms in total. The minimum Gasteiger partial charge on any atom is -0.394 e. The highest BCUT2D eigenvalue weighted by Gasteiger charge is 2.35. The predicted octanol–water partition coefficient (Wildman–Crippen LogP) is -0.586. The molecular weight excluding hydrogens is 276 g/mol. The van der Waals surface area contributed by atoms with E-state index in [2.05, 4.69) is 15.0 Å². The third-order valence-corrected chi connectivity index (χ3v) is 3.28. The second kappa shape index (κ2) is 4.57. The number of ether oxygens (including phenoxy) is 1. The van der Waals surface area contributed by atoms with Crippen molar-refractivity contribution in [3.05, 3.63) is 22.0 Å². The number of halogens is 1. The average molecular weight is 287 g/mol. The Morgan fingerprint density at radius 1 is 1.63 bits per heavy atom. The van der Waals surface area contributed by atoms with Gasteiger partial charge in [-0.1, -0.05) is 0 Å². The molecule has 102 valence electrons. The predicted molar refractivity (Wildman–Crippen MR) is 64.8 cm³/mol. The molecule has 0 unspecified atom stereocenters. The van der Waals surface area contributed by atoms with Crippen LogP contribution in [0.25, 0.3) is 11.2 Å². The van der Waals surface area contributed by atoms with E-state index in [1.54, 1.807) is 0 Å². The van der Waals surface area contributed by atoms with Crippen LogP contribution < -0.4 is 5.56 Å². The summed E-state index contributed by atoms with van der Waals surface area (Å²) in [6.07, 6.45) is -0.282. The first-order chi connectivity index (χ1) is 9.10. The molecule has 0 amide bonds. The van der Waals surface area contributed by atoms with Crippen molar-refractivity contribution in [2.24, 2.45) is 0 Å². The molecule has 1 saturated heterocycles. The minimum absolute atomic E-state index is 0.0449. The van der Waals surface area contributed by atoms with Gasteiger partial charge in [-0.2, -0.15) is 4.98 Å². The number of H-pyrrole nitrogens is 1. The van der Waals surface area contributed by atoms with Gasteiger partial charge in [0.05, 0.1) is 19.0 Å². The summed E-state index contributed by atoms with van der Waals surface area (Å²) in [5.41, 5.74) is -0.00881.